The van der Waals surface area contributed by atoms with Crippen LogP contribution in [0.5, 0.6) is 23.5 Å². The molecular formula is C49H57F5N28O8. The van der Waals surface area contributed by atoms with Gasteiger partial charge in [-0.15, -0.1) is 33.6 Å². The molecule has 90 heavy (non-hydrogen) atoms. The zero-order chi connectivity index (χ0) is 68.1. The Balaban J connectivity index is 0.000000148. The summed E-state index contributed by atoms with van der Waals surface area (Å²) >= 11 is 0. The summed E-state index contributed by atoms with van der Waals surface area (Å²) in [7, 11) is 5.81. The number of nitrogens with one attached hydrogen (secondary N) is 4. The van der Waals surface area contributed by atoms with E-state index in [-0.39, 0.29) is 81.9 Å². The fourth-order valence-corrected chi connectivity index (χ4v) is 8.36. The first-order chi connectivity index (χ1) is 44.5. The van der Waals surface area contributed by atoms with Gasteiger partial charge in [-0.05, 0) is 101 Å². The predicted molar refractivity (Wildman–Crippen MR) is 298 cm³/mol. The van der Waals surface area contributed by atoms with Gasteiger partial charge in [0.2, 0.25) is 23.5 Å². The summed E-state index contributed by atoms with van der Waals surface area (Å²) in [5.74, 6) is 0.745. The predicted octanol–water partition coefficient (Wildman–Crippen LogP) is 2.49. The Morgan fingerprint density at radius 3 is 1.01 bits per heavy atom. The molecule has 0 unspecified atom stereocenters. The standard InChI is InChI=1S/C14H19N7O2.C13H17N7O2.C11H10F3N7O2.C11H11F2N7O2/c1-14(2,3)20-8-6-10(21-13(22)19(4)17-18-21)11(20)9-23-12-5-7-15-16-12;1-9(2)19-7-5-10(20-13(21)18(3)16-17-20)11(19)8-22-12-4-6-14-15-12;1-19-10(22)21(18-17-19)7-3-5-20(11(12,13)14)8(7)6-23-9-2-4-15-16-9;1-18-11(21)20(17-16-18)7-3-5-19(10(12)13)8(7)6-22-9-2-4-14-15-9/h5-8H,9H2,1-4H3,(H,15,16);4-7,9H,8H2,1-3H3,(H,14,15);2-5H,6H2,1H3,(H,15,16);2-5,10H,6H2,1H3,(H,14,15)/i/hT4. The maximum absolute atomic E-state index is 13.1. The average molecular weight is 1270 g/mol. The van der Waals surface area contributed by atoms with E-state index >= 15 is 0 Å². The summed E-state index contributed by atoms with van der Waals surface area (Å²) in [6, 6.07) is 12.1. The van der Waals surface area contributed by atoms with Gasteiger partial charge in [0.05, 0.1) is 45.5 Å². The van der Waals surface area contributed by atoms with E-state index in [1.807, 2.05) is 41.4 Å². The first-order valence-corrected chi connectivity index (χ1v) is 26.3. The molecule has 0 saturated heterocycles. The van der Waals surface area contributed by atoms with Crippen LogP contribution in [0.25, 0.3) is 22.7 Å². The third-order valence-electron chi connectivity index (χ3n) is 12.7. The second kappa shape index (κ2) is 26.5. The topological polar surface area (TPSA) is 382 Å². The van der Waals surface area contributed by atoms with Crippen LogP contribution in [0.4, 0.5) is 22.0 Å². The van der Waals surface area contributed by atoms with Crippen LogP contribution in [0, 0.1) is 0 Å². The Morgan fingerprint density at radius 1 is 0.444 bits per heavy atom. The number of hydrogen-bond acceptors (Lipinski definition) is 20. The van der Waals surface area contributed by atoms with Crippen molar-refractivity contribution in [2.45, 2.75) is 85.5 Å². The van der Waals surface area contributed by atoms with Crippen LogP contribution in [0.15, 0.2) is 117 Å². The minimum Gasteiger partial charge on any atom is -0.470 e. The van der Waals surface area contributed by atoms with Crippen molar-refractivity contribution in [3.05, 3.63) is 163 Å². The molecule has 0 bridgehead atoms. The van der Waals surface area contributed by atoms with Crippen molar-refractivity contribution < 1.29 is 46.5 Å². The third-order valence-corrected chi connectivity index (χ3v) is 12.7. The number of alkyl halides is 5. The van der Waals surface area contributed by atoms with Crippen molar-refractivity contribution in [2.75, 3.05) is 0 Å². The molecule has 0 saturated carbocycles. The van der Waals surface area contributed by atoms with Crippen molar-refractivity contribution in [3.8, 4) is 46.3 Å². The van der Waals surface area contributed by atoms with Gasteiger partial charge in [0, 0.05) is 114 Å². The lowest BCUT2D eigenvalue weighted by Gasteiger charge is -2.24. The molecule has 36 nitrogen and oxygen atoms in total. The molecule has 0 aromatic carbocycles. The Hall–Kier alpha value is -11.7. The van der Waals surface area contributed by atoms with Crippen molar-refractivity contribution >= 4 is 0 Å². The van der Waals surface area contributed by atoms with Crippen LogP contribution in [0.2, 0.25) is 5.65 Å². The molecule has 476 valence electrons. The SMILES string of the molecule is [3H]n1ccc(OCc2c(-n3nnn(C)c3=O)ccn2C(C)(C)C)n1.[3H]n1ccc(OCc2c(-n3nnn(C)c3=O)ccn2C(C)C)n1.[3H]n1ccc(OCc2c(-n3nnn(C)c3=O)ccn2C(F)(F)F)n1.[3H]n1ccc(OCc2c(-n3nnn(C)c3=O)ccn2C(F)F)n1. The number of ether oxygens (including phenoxy) is 4. The van der Waals surface area contributed by atoms with Crippen LogP contribution in [0.1, 0.15) is 70.0 Å². The van der Waals surface area contributed by atoms with E-state index in [1.54, 1.807) is 32.3 Å². The van der Waals surface area contributed by atoms with Gasteiger partial charge in [-0.1, -0.05) is 0 Å². The molecule has 0 radical (unpaired) electrons. The largest absolute Gasteiger partial charge is 0.488 e. The summed E-state index contributed by atoms with van der Waals surface area (Å²) < 4.78 is 130. The maximum Gasteiger partial charge on any atom is 0.488 e. The van der Waals surface area contributed by atoms with Crippen LogP contribution in [-0.4, -0.2) is 138 Å². The van der Waals surface area contributed by atoms with E-state index in [0.29, 0.717) is 32.8 Å². The van der Waals surface area contributed by atoms with Gasteiger partial charge >= 0.3 is 35.6 Å². The van der Waals surface area contributed by atoms with E-state index in [9.17, 15) is 41.1 Å². The van der Waals surface area contributed by atoms with Crippen LogP contribution < -0.4 is 41.7 Å². The smallest absolute Gasteiger partial charge is 0.470 e. The number of hydrogen-bond donors (Lipinski definition) is 4. The van der Waals surface area contributed by atoms with Gasteiger partial charge in [-0.2, -0.15) is 46.2 Å². The molecule has 0 amide bonds. The van der Waals surface area contributed by atoms with Gasteiger partial charge < -0.3 is 28.1 Å². The summed E-state index contributed by atoms with van der Waals surface area (Å²) in [6.45, 7) is 6.96. The zero-order valence-corrected chi connectivity index (χ0v) is 48.9. The van der Waals surface area contributed by atoms with Gasteiger partial charge in [0.1, 0.15) is 26.4 Å². The number of halogens is 5. The summed E-state index contributed by atoms with van der Waals surface area (Å²) in [5.41, 5.74) is 0.303. The second-order valence-electron chi connectivity index (χ2n) is 20.0. The highest BCUT2D eigenvalue weighted by Gasteiger charge is 2.35. The number of aryl methyl sites for hydroxylation is 4. The van der Waals surface area contributed by atoms with Gasteiger partial charge in [0.25, 0.3) is 0 Å². The number of rotatable bonds is 18. The summed E-state index contributed by atoms with van der Waals surface area (Å²) in [5, 5.41) is 47.8. The second-order valence-corrected chi connectivity index (χ2v) is 20.0. The Kier molecular flexibility index (Phi) is 16.9. The molecule has 0 aliphatic heterocycles. The van der Waals surface area contributed by atoms with Gasteiger partial charge in [0.15, 0.2) is 5.65 Å². The molecule has 12 aromatic rings. The highest BCUT2D eigenvalue weighted by atomic mass is 19.4. The van der Waals surface area contributed by atoms with E-state index in [2.05, 4.69) is 82.9 Å². The molecule has 12 heterocycles. The molecule has 41 heteroatoms. The van der Waals surface area contributed by atoms with Crippen LogP contribution in [0.3, 0.4) is 0 Å². The minimum atomic E-state index is -4.71. The molecule has 12 rings (SSSR count). The number of aromatic nitrogens is 28. The molecule has 0 aliphatic rings. The van der Waals surface area contributed by atoms with E-state index in [0.717, 1.165) is 63.9 Å². The van der Waals surface area contributed by atoms with Crippen molar-refractivity contribution in [2.24, 2.45) is 28.2 Å². The average Bonchev–Trinajstić information content (AvgIpc) is 1.66. The molecule has 0 aliphatic carbocycles. The van der Waals surface area contributed by atoms with E-state index in [4.69, 9.17) is 24.6 Å². The highest BCUT2D eigenvalue weighted by Crippen LogP contribution is 2.30. The first-order valence-electron chi connectivity index (χ1n) is 28.1. The maximum atomic E-state index is 13.1. The van der Waals surface area contributed by atoms with Crippen LogP contribution >= 0.6 is 0 Å². The van der Waals surface area contributed by atoms with Crippen molar-refractivity contribution in [1.82, 2.24) is 138 Å². The number of nitrogens with zero attached hydrogens (tertiary/aromatic N) is 24. The fourth-order valence-electron chi connectivity index (χ4n) is 8.36. The molecule has 0 atom stereocenters. The monoisotopic (exact) mass is 1270 g/mol. The summed E-state index contributed by atoms with van der Waals surface area (Å²) in [6.07, 6.45) is 6.48. The molecule has 12 aromatic heterocycles. The number of H-pyrrole nitrogens is 4. The molecular weight excluding hydrogens is 1200 g/mol. The molecule has 4 N–H and O–H groups in total. The molecule has 0 fully saturated rings. The first kappa shape index (κ1) is 57.4. The lowest BCUT2D eigenvalue weighted by Crippen LogP contribution is -2.26. The lowest BCUT2D eigenvalue weighted by atomic mass is 10.1. The zero-order valence-electron chi connectivity index (χ0n) is 52.9. The highest BCUT2D eigenvalue weighted by molar-refractivity contribution is 5.40. The van der Waals surface area contributed by atoms with E-state index in [1.165, 1.54) is 75.8 Å². The van der Waals surface area contributed by atoms with Gasteiger partial charge in [-0.3, -0.25) is 29.5 Å². The molecule has 0 spiro atoms. The van der Waals surface area contributed by atoms with Gasteiger partial charge in [-0.25, -0.2) is 19.2 Å². The van der Waals surface area contributed by atoms with Crippen molar-refractivity contribution in [1.29, 1.82) is 0 Å². The Bertz CT molecular complexity index is 4480. The van der Waals surface area contributed by atoms with E-state index < -0.39 is 30.8 Å². The normalized spacial score (nSPS) is 12.2. The number of aromatic amines is 4. The van der Waals surface area contributed by atoms with Crippen molar-refractivity contribution in [3.63, 3.8) is 0 Å². The third kappa shape index (κ3) is 13.9. The Morgan fingerprint density at radius 2 is 0.733 bits per heavy atom. The summed E-state index contributed by atoms with van der Waals surface area (Å²) in [4.78, 5) is 48.0. The Labute approximate surface area is 506 Å². The minimum absolute atomic E-state index is 0.0150. The lowest BCUT2D eigenvalue weighted by molar-refractivity contribution is -0.205. The quantitative estimate of drug-likeness (QED) is 0.0896. The number of tetrazole rings is 4. The van der Waals surface area contributed by atoms with Crippen LogP contribution in [-0.2, 0) is 66.5 Å². The fraction of sp³-hybridized carbons (Fsp3) is 0.347.